The van der Waals surface area contributed by atoms with Gasteiger partial charge in [-0.3, -0.25) is 9.59 Å². The van der Waals surface area contributed by atoms with Crippen LogP contribution in [0.3, 0.4) is 0 Å². The van der Waals surface area contributed by atoms with E-state index >= 15 is 0 Å². The number of carbonyl (C=O) groups is 2. The van der Waals surface area contributed by atoms with E-state index in [1.165, 1.54) is 13.0 Å². The molecule has 24 heavy (non-hydrogen) atoms. The number of rotatable bonds is 5. The van der Waals surface area contributed by atoms with Crippen molar-refractivity contribution in [2.24, 2.45) is 0 Å². The third kappa shape index (κ3) is 3.62. The van der Waals surface area contributed by atoms with Gasteiger partial charge in [0.05, 0.1) is 0 Å². The van der Waals surface area contributed by atoms with Crippen LogP contribution in [0.4, 0.5) is 4.39 Å². The molecule has 2 aromatic carbocycles. The van der Waals surface area contributed by atoms with Gasteiger partial charge in [-0.15, -0.1) is 0 Å². The van der Waals surface area contributed by atoms with Gasteiger partial charge in [0.2, 0.25) is 0 Å². The maximum absolute atomic E-state index is 13.7. The molecule has 3 rings (SSSR count). The van der Waals surface area contributed by atoms with Crippen LogP contribution in [-0.4, -0.2) is 24.8 Å². The molecule has 0 radical (unpaired) electrons. The lowest BCUT2D eigenvalue weighted by Crippen LogP contribution is -2.16. The van der Waals surface area contributed by atoms with Crippen molar-refractivity contribution in [2.45, 2.75) is 19.8 Å². The van der Waals surface area contributed by atoms with E-state index in [4.69, 9.17) is 9.47 Å². The van der Waals surface area contributed by atoms with E-state index in [0.717, 1.165) is 0 Å². The zero-order valence-corrected chi connectivity index (χ0v) is 13.3. The summed E-state index contributed by atoms with van der Waals surface area (Å²) in [5.74, 6) is 0.532. The number of halogens is 1. The fraction of sp³-hybridized carbons (Fsp3) is 0.263. The molecule has 0 spiro atoms. The predicted molar refractivity (Wildman–Crippen MR) is 86.3 cm³/mol. The summed E-state index contributed by atoms with van der Waals surface area (Å²) in [5.41, 5.74) is 1.50. The molecular formula is C19H17FO4. The Labute approximate surface area is 139 Å². The van der Waals surface area contributed by atoms with Gasteiger partial charge in [0.15, 0.2) is 17.3 Å². The summed E-state index contributed by atoms with van der Waals surface area (Å²) in [7, 11) is 0. The van der Waals surface area contributed by atoms with Crippen LogP contribution in [0.2, 0.25) is 0 Å². The zero-order chi connectivity index (χ0) is 17.1. The lowest BCUT2D eigenvalue weighted by Gasteiger charge is -2.18. The zero-order valence-electron chi connectivity index (χ0n) is 13.3. The summed E-state index contributed by atoms with van der Waals surface area (Å²) in [4.78, 5) is 23.7. The first-order valence-electron chi connectivity index (χ1n) is 7.72. The van der Waals surface area contributed by atoms with Gasteiger partial charge >= 0.3 is 0 Å². The Hall–Kier alpha value is -2.69. The summed E-state index contributed by atoms with van der Waals surface area (Å²) in [6.45, 7) is 2.36. The van der Waals surface area contributed by atoms with Gasteiger partial charge in [-0.25, -0.2) is 4.39 Å². The molecule has 1 aliphatic heterocycles. The Morgan fingerprint density at radius 1 is 1.00 bits per heavy atom. The molecule has 0 N–H and O–H groups in total. The average molecular weight is 328 g/mol. The molecule has 0 atom stereocenters. The number of hydrogen-bond donors (Lipinski definition) is 0. The van der Waals surface area contributed by atoms with Crippen LogP contribution < -0.4 is 9.47 Å². The normalized spacial score (nSPS) is 12.8. The minimum absolute atomic E-state index is 0.0257. The van der Waals surface area contributed by atoms with Crippen molar-refractivity contribution in [3.8, 4) is 11.5 Å². The topological polar surface area (TPSA) is 52.6 Å². The van der Waals surface area contributed by atoms with Crippen molar-refractivity contribution in [3.63, 3.8) is 0 Å². The number of ketones is 2. The summed E-state index contributed by atoms with van der Waals surface area (Å²) in [5, 5.41) is 0. The molecule has 0 unspecified atom stereocenters. The largest absolute Gasteiger partial charge is 0.486 e. The highest BCUT2D eigenvalue weighted by Crippen LogP contribution is 2.31. The molecule has 1 heterocycles. The van der Waals surface area contributed by atoms with Gasteiger partial charge in [0, 0.05) is 18.4 Å². The van der Waals surface area contributed by atoms with E-state index in [2.05, 4.69) is 0 Å². The van der Waals surface area contributed by atoms with Gasteiger partial charge in [-0.2, -0.15) is 0 Å². The highest BCUT2D eigenvalue weighted by atomic mass is 19.1. The second-order valence-electron chi connectivity index (χ2n) is 5.76. The first-order valence-corrected chi connectivity index (χ1v) is 7.72. The van der Waals surface area contributed by atoms with Gasteiger partial charge in [0.25, 0.3) is 0 Å². The first kappa shape index (κ1) is 16.2. The van der Waals surface area contributed by atoms with Crippen LogP contribution >= 0.6 is 0 Å². The lowest BCUT2D eigenvalue weighted by atomic mass is 9.99. The number of carbonyl (C=O) groups excluding carboxylic acids is 2. The fourth-order valence-corrected chi connectivity index (χ4v) is 2.65. The van der Waals surface area contributed by atoms with Crippen molar-refractivity contribution in [3.05, 3.63) is 58.9 Å². The van der Waals surface area contributed by atoms with Crippen molar-refractivity contribution in [1.29, 1.82) is 0 Å². The number of hydrogen-bond acceptors (Lipinski definition) is 4. The second-order valence-corrected chi connectivity index (χ2v) is 5.76. The molecular weight excluding hydrogens is 311 g/mol. The van der Waals surface area contributed by atoms with Crippen molar-refractivity contribution in [1.82, 2.24) is 0 Å². The van der Waals surface area contributed by atoms with Crippen LogP contribution in [0, 0.1) is 5.82 Å². The monoisotopic (exact) mass is 328 g/mol. The molecule has 0 aliphatic carbocycles. The number of fused-ring (bicyclic) bond motifs is 1. The number of ether oxygens (including phenoxy) is 2. The van der Waals surface area contributed by atoms with Crippen molar-refractivity contribution >= 4 is 11.6 Å². The van der Waals surface area contributed by atoms with Crippen molar-refractivity contribution in [2.75, 3.05) is 13.2 Å². The fourth-order valence-electron chi connectivity index (χ4n) is 2.65. The summed E-state index contributed by atoms with van der Waals surface area (Å²) in [6.07, 6.45) is 0.155. The van der Waals surface area contributed by atoms with Crippen molar-refractivity contribution < 1.29 is 23.5 Å². The Kier molecular flexibility index (Phi) is 4.60. The van der Waals surface area contributed by atoms with Gasteiger partial charge in [-0.05, 0) is 42.3 Å². The third-order valence-corrected chi connectivity index (χ3v) is 3.78. The minimum Gasteiger partial charge on any atom is -0.486 e. The van der Waals surface area contributed by atoms with E-state index < -0.39 is 5.82 Å². The van der Waals surface area contributed by atoms with Crippen LogP contribution in [0.1, 0.15) is 28.4 Å². The third-order valence-electron chi connectivity index (χ3n) is 3.78. The summed E-state index contributed by atoms with van der Waals surface area (Å²) in [6, 6.07) is 9.51. The molecule has 5 heteroatoms. The van der Waals surface area contributed by atoms with Gasteiger partial charge < -0.3 is 9.47 Å². The molecule has 1 aliphatic rings. The number of benzene rings is 2. The molecule has 4 nitrogen and oxygen atoms in total. The predicted octanol–water partition coefficient (Wildman–Crippen LogP) is 3.15. The van der Waals surface area contributed by atoms with Crippen LogP contribution in [-0.2, 0) is 17.6 Å². The molecule has 2 aromatic rings. The van der Waals surface area contributed by atoms with Crippen LogP contribution in [0.5, 0.6) is 11.5 Å². The summed E-state index contributed by atoms with van der Waals surface area (Å²) < 4.78 is 24.6. The summed E-state index contributed by atoms with van der Waals surface area (Å²) >= 11 is 0. The van der Waals surface area contributed by atoms with E-state index in [1.54, 1.807) is 30.3 Å². The standard InChI is InChI=1S/C19H17FO4/c1-12(21)8-15-9-13(2-4-16(15)20)10-17(22)14-3-5-18-19(11-14)24-7-6-23-18/h2-5,9,11H,6-8,10H2,1H3. The van der Waals surface area contributed by atoms with Crippen LogP contribution in [0.15, 0.2) is 36.4 Å². The smallest absolute Gasteiger partial charge is 0.167 e. The van der Waals surface area contributed by atoms with Crippen LogP contribution in [0.25, 0.3) is 0 Å². The van der Waals surface area contributed by atoms with Gasteiger partial charge in [-0.1, -0.05) is 12.1 Å². The Morgan fingerprint density at radius 3 is 2.50 bits per heavy atom. The average Bonchev–Trinajstić information content (AvgIpc) is 2.57. The molecule has 0 amide bonds. The SMILES string of the molecule is CC(=O)Cc1cc(CC(=O)c2ccc3c(c2)OCCO3)ccc1F. The molecule has 0 aromatic heterocycles. The molecule has 0 bridgehead atoms. The van der Waals surface area contributed by atoms with E-state index in [9.17, 15) is 14.0 Å². The number of Topliss-reactive ketones (excluding diaryl/α,β-unsaturated/α-hetero) is 2. The molecule has 124 valence electrons. The minimum atomic E-state index is -0.430. The first-order chi connectivity index (χ1) is 11.5. The quantitative estimate of drug-likeness (QED) is 0.791. The second kappa shape index (κ2) is 6.83. The molecule has 0 saturated carbocycles. The van der Waals surface area contributed by atoms with E-state index in [1.807, 2.05) is 0 Å². The maximum atomic E-state index is 13.7. The lowest BCUT2D eigenvalue weighted by molar-refractivity contribution is -0.116. The Morgan fingerprint density at radius 2 is 1.75 bits per heavy atom. The maximum Gasteiger partial charge on any atom is 0.167 e. The van der Waals surface area contributed by atoms with E-state index in [-0.39, 0.29) is 24.4 Å². The highest BCUT2D eigenvalue weighted by Gasteiger charge is 2.16. The Bertz CT molecular complexity index is 798. The molecule has 0 fully saturated rings. The highest BCUT2D eigenvalue weighted by molar-refractivity contribution is 5.98. The molecule has 0 saturated heterocycles. The Balaban J connectivity index is 1.78. The van der Waals surface area contributed by atoms with Gasteiger partial charge in [0.1, 0.15) is 24.8 Å². The van der Waals surface area contributed by atoms with E-state index in [0.29, 0.717) is 41.4 Å².